The molecule has 2 N–H and O–H groups in total. The van der Waals surface area contributed by atoms with Gasteiger partial charge >= 0.3 is 0 Å². The molecule has 0 aliphatic rings. The molecule has 22 heavy (non-hydrogen) atoms. The van der Waals surface area contributed by atoms with E-state index in [9.17, 15) is 9.59 Å². The van der Waals surface area contributed by atoms with Gasteiger partial charge in [-0.25, -0.2) is 0 Å². The Morgan fingerprint density at radius 2 is 2.09 bits per heavy atom. The summed E-state index contributed by atoms with van der Waals surface area (Å²) in [4.78, 5) is 23.9. The molecule has 0 aliphatic heterocycles. The van der Waals surface area contributed by atoms with Gasteiger partial charge in [0, 0.05) is 0 Å². The van der Waals surface area contributed by atoms with Crippen LogP contribution in [0.15, 0.2) is 30.3 Å². The number of ether oxygens (including phenoxy) is 1. The van der Waals surface area contributed by atoms with Gasteiger partial charge in [0.2, 0.25) is 5.91 Å². The quantitative estimate of drug-likeness (QED) is 0.668. The number of rotatable bonds is 9. The maximum Gasteiger partial charge on any atom is 0.258 e. The summed E-state index contributed by atoms with van der Waals surface area (Å²) in [7, 11) is 0. The van der Waals surface area contributed by atoms with Crippen molar-refractivity contribution in [2.24, 2.45) is 0 Å². The summed E-state index contributed by atoms with van der Waals surface area (Å²) in [5.74, 6) is 3.08. The topological polar surface area (TPSA) is 67.4 Å². The number of hydrogen-bond donors (Lipinski definition) is 2. The third-order valence-corrected chi connectivity index (χ3v) is 3.38. The Hall–Kier alpha value is -2.13. The van der Waals surface area contributed by atoms with Crippen molar-refractivity contribution in [2.45, 2.75) is 12.5 Å². The van der Waals surface area contributed by atoms with Crippen molar-refractivity contribution in [3.8, 4) is 18.1 Å². The lowest BCUT2D eigenvalue weighted by molar-refractivity contribution is -0.129. The smallest absolute Gasteiger partial charge is 0.258 e. The predicted molar refractivity (Wildman–Crippen MR) is 88.7 cm³/mol. The lowest BCUT2D eigenvalue weighted by Crippen LogP contribution is -2.48. The molecule has 0 bridgehead atoms. The van der Waals surface area contributed by atoms with Crippen molar-refractivity contribution in [2.75, 3.05) is 25.2 Å². The molecule has 0 aromatic heterocycles. The molecule has 0 saturated carbocycles. The first kappa shape index (κ1) is 17.9. The van der Waals surface area contributed by atoms with Gasteiger partial charge in [0.25, 0.3) is 5.91 Å². The molecule has 1 aromatic rings. The van der Waals surface area contributed by atoms with Crippen molar-refractivity contribution in [1.82, 2.24) is 10.6 Å². The summed E-state index contributed by atoms with van der Waals surface area (Å²) in [6, 6.07) is 8.42. The highest BCUT2D eigenvalue weighted by atomic mass is 32.2. The number of para-hydroxylation sites is 1. The highest BCUT2D eigenvalue weighted by molar-refractivity contribution is 7.98. The summed E-state index contributed by atoms with van der Waals surface area (Å²) in [5.41, 5.74) is 0. The Bertz CT molecular complexity index is 514. The Morgan fingerprint density at radius 1 is 1.36 bits per heavy atom. The fourth-order valence-electron chi connectivity index (χ4n) is 1.67. The van der Waals surface area contributed by atoms with Crippen LogP contribution in [0.5, 0.6) is 5.75 Å². The van der Waals surface area contributed by atoms with E-state index in [1.54, 1.807) is 23.9 Å². The number of terminal acetylenes is 1. The van der Waals surface area contributed by atoms with E-state index >= 15 is 0 Å². The zero-order valence-electron chi connectivity index (χ0n) is 12.5. The molecule has 6 heteroatoms. The second kappa shape index (κ2) is 10.6. The van der Waals surface area contributed by atoms with E-state index in [-0.39, 0.29) is 25.0 Å². The van der Waals surface area contributed by atoms with Crippen LogP contribution in [0.25, 0.3) is 0 Å². The molecule has 0 aliphatic carbocycles. The van der Waals surface area contributed by atoms with Crippen molar-refractivity contribution < 1.29 is 14.3 Å². The van der Waals surface area contributed by atoms with Gasteiger partial charge in [-0.1, -0.05) is 24.1 Å². The molecule has 0 heterocycles. The largest absolute Gasteiger partial charge is 0.484 e. The molecule has 0 radical (unpaired) electrons. The van der Waals surface area contributed by atoms with Crippen molar-refractivity contribution >= 4 is 23.6 Å². The van der Waals surface area contributed by atoms with Crippen LogP contribution in [0.3, 0.4) is 0 Å². The maximum atomic E-state index is 11.9. The SMILES string of the molecule is C#CCNC(=O)C(CCSC)NC(=O)COc1ccccc1. The fraction of sp³-hybridized carbons (Fsp3) is 0.375. The standard InChI is InChI=1S/C16H20N2O3S/c1-3-10-17-16(20)14(9-11-22-2)18-15(19)12-21-13-7-5-4-6-8-13/h1,4-8,14H,9-12H2,2H3,(H,17,20)(H,18,19). The van der Waals surface area contributed by atoms with Gasteiger partial charge < -0.3 is 15.4 Å². The highest BCUT2D eigenvalue weighted by Crippen LogP contribution is 2.08. The molecule has 1 atom stereocenters. The third kappa shape index (κ3) is 7.04. The minimum absolute atomic E-state index is 0.137. The number of amides is 2. The van der Waals surface area contributed by atoms with Gasteiger partial charge in [0.1, 0.15) is 11.8 Å². The number of nitrogens with one attached hydrogen (secondary N) is 2. The monoisotopic (exact) mass is 320 g/mol. The fourth-order valence-corrected chi connectivity index (χ4v) is 2.14. The van der Waals surface area contributed by atoms with Crippen LogP contribution >= 0.6 is 11.8 Å². The van der Waals surface area contributed by atoms with Gasteiger partial charge in [-0.2, -0.15) is 11.8 Å². The van der Waals surface area contributed by atoms with Crippen LogP contribution in [0, 0.1) is 12.3 Å². The van der Waals surface area contributed by atoms with Crippen molar-refractivity contribution in [1.29, 1.82) is 0 Å². The van der Waals surface area contributed by atoms with E-state index in [0.717, 1.165) is 5.75 Å². The minimum Gasteiger partial charge on any atom is -0.484 e. The Kier molecular flexibility index (Phi) is 8.61. The summed E-state index contributed by atoms with van der Waals surface area (Å²) in [5, 5.41) is 5.25. The van der Waals surface area contributed by atoms with E-state index in [2.05, 4.69) is 16.6 Å². The Labute approximate surface area is 135 Å². The summed E-state index contributed by atoms with van der Waals surface area (Å²) in [6.07, 6.45) is 7.59. The number of carbonyl (C=O) groups is 2. The van der Waals surface area contributed by atoms with Crippen LogP contribution in [-0.2, 0) is 9.59 Å². The van der Waals surface area contributed by atoms with Crippen LogP contribution in [0.1, 0.15) is 6.42 Å². The van der Waals surface area contributed by atoms with E-state index < -0.39 is 6.04 Å². The number of thioether (sulfide) groups is 1. The van der Waals surface area contributed by atoms with E-state index in [1.165, 1.54) is 0 Å². The lowest BCUT2D eigenvalue weighted by atomic mass is 10.2. The first-order chi connectivity index (χ1) is 10.7. The number of hydrogen-bond acceptors (Lipinski definition) is 4. The summed E-state index contributed by atoms with van der Waals surface area (Å²) < 4.78 is 5.35. The van der Waals surface area contributed by atoms with Crippen LogP contribution in [0.2, 0.25) is 0 Å². The number of benzene rings is 1. The molecule has 0 saturated heterocycles. The first-order valence-electron chi connectivity index (χ1n) is 6.84. The van der Waals surface area contributed by atoms with E-state index in [4.69, 9.17) is 11.2 Å². The minimum atomic E-state index is -0.604. The summed E-state index contributed by atoms with van der Waals surface area (Å²) in [6.45, 7) is 0.00713. The molecule has 118 valence electrons. The second-order valence-electron chi connectivity index (χ2n) is 4.43. The second-order valence-corrected chi connectivity index (χ2v) is 5.41. The Morgan fingerprint density at radius 3 is 2.73 bits per heavy atom. The zero-order chi connectivity index (χ0) is 16.2. The number of carbonyl (C=O) groups excluding carboxylic acids is 2. The molecule has 0 spiro atoms. The average molecular weight is 320 g/mol. The molecular weight excluding hydrogens is 300 g/mol. The predicted octanol–water partition coefficient (Wildman–Crippen LogP) is 1.05. The molecule has 1 unspecified atom stereocenters. The molecule has 5 nitrogen and oxygen atoms in total. The van der Waals surface area contributed by atoms with E-state index in [1.807, 2.05) is 24.5 Å². The van der Waals surface area contributed by atoms with Gasteiger partial charge in [0.15, 0.2) is 6.61 Å². The molecular formula is C16H20N2O3S. The highest BCUT2D eigenvalue weighted by Gasteiger charge is 2.20. The van der Waals surface area contributed by atoms with Crippen molar-refractivity contribution in [3.63, 3.8) is 0 Å². The normalized spacial score (nSPS) is 11.1. The summed E-state index contributed by atoms with van der Waals surface area (Å²) >= 11 is 1.61. The van der Waals surface area contributed by atoms with Crippen LogP contribution in [-0.4, -0.2) is 43.0 Å². The molecule has 1 rings (SSSR count). The molecule has 2 amide bonds. The van der Waals surface area contributed by atoms with Gasteiger partial charge in [-0.05, 0) is 30.6 Å². The first-order valence-corrected chi connectivity index (χ1v) is 8.24. The van der Waals surface area contributed by atoms with Crippen molar-refractivity contribution in [3.05, 3.63) is 30.3 Å². The van der Waals surface area contributed by atoms with Gasteiger partial charge in [0.05, 0.1) is 6.54 Å². The van der Waals surface area contributed by atoms with E-state index in [0.29, 0.717) is 12.2 Å². The third-order valence-electron chi connectivity index (χ3n) is 2.74. The zero-order valence-corrected chi connectivity index (χ0v) is 13.3. The lowest BCUT2D eigenvalue weighted by Gasteiger charge is -2.17. The maximum absolute atomic E-state index is 11.9. The molecule has 1 aromatic carbocycles. The average Bonchev–Trinajstić information content (AvgIpc) is 2.55. The van der Waals surface area contributed by atoms with Crippen LogP contribution < -0.4 is 15.4 Å². The van der Waals surface area contributed by atoms with Gasteiger partial charge in [-0.3, -0.25) is 9.59 Å². The molecule has 0 fully saturated rings. The Balaban J connectivity index is 2.47. The van der Waals surface area contributed by atoms with Crippen LogP contribution in [0.4, 0.5) is 0 Å². The van der Waals surface area contributed by atoms with Gasteiger partial charge in [-0.15, -0.1) is 6.42 Å².